The van der Waals surface area contributed by atoms with E-state index in [0.717, 1.165) is 24.4 Å². The van der Waals surface area contributed by atoms with Crippen molar-refractivity contribution in [1.82, 2.24) is 14.3 Å². The van der Waals surface area contributed by atoms with Crippen molar-refractivity contribution in [1.29, 1.82) is 0 Å². The third-order valence-corrected chi connectivity index (χ3v) is 5.48. The molecule has 0 unspecified atom stereocenters. The van der Waals surface area contributed by atoms with Gasteiger partial charge in [-0.3, -0.25) is 19.6 Å². The predicted molar refractivity (Wildman–Crippen MR) is 112 cm³/mol. The molecule has 8 heteroatoms. The Morgan fingerprint density at radius 2 is 1.79 bits per heavy atom. The maximum Gasteiger partial charge on any atom is 0.312 e. The van der Waals surface area contributed by atoms with Gasteiger partial charge in [0, 0.05) is 28.5 Å². The predicted octanol–water partition coefficient (Wildman–Crippen LogP) is 4.61. The van der Waals surface area contributed by atoms with Crippen molar-refractivity contribution in [3.63, 3.8) is 0 Å². The molecule has 0 aliphatic heterocycles. The second-order valence-electron chi connectivity index (χ2n) is 7.17. The smallest absolute Gasteiger partial charge is 0.312 e. The van der Waals surface area contributed by atoms with Gasteiger partial charge in [-0.15, -0.1) is 0 Å². The average Bonchev–Trinajstić information content (AvgIpc) is 3.10. The lowest BCUT2D eigenvalue weighted by atomic mass is 10.1. The van der Waals surface area contributed by atoms with Gasteiger partial charge in [-0.2, -0.15) is 5.10 Å². The zero-order valence-corrected chi connectivity index (χ0v) is 17.7. The van der Waals surface area contributed by atoms with Crippen molar-refractivity contribution < 1.29 is 9.72 Å². The summed E-state index contributed by atoms with van der Waals surface area (Å²) in [4.78, 5) is 23.6. The number of Topliss-reactive ketones (excluding diaryl/α,β-unsaturated/α-hetero) is 1. The largest absolute Gasteiger partial charge is 0.348 e. The summed E-state index contributed by atoms with van der Waals surface area (Å²) in [6.07, 6.45) is 0.824. The molecule has 0 spiro atoms. The number of benzene rings is 1. The Hall–Kier alpha value is -2.93. The molecule has 152 valence electrons. The molecule has 0 amide bonds. The minimum Gasteiger partial charge on any atom is -0.348 e. The molecule has 0 bridgehead atoms. The monoisotopic (exact) mass is 414 g/mol. The van der Waals surface area contributed by atoms with Crippen LogP contribution in [0.3, 0.4) is 0 Å². The van der Waals surface area contributed by atoms with Crippen molar-refractivity contribution in [3.05, 3.63) is 79.4 Å². The number of carbonyl (C=O) groups excluding carboxylic acids is 1. The van der Waals surface area contributed by atoms with Gasteiger partial charge < -0.3 is 4.57 Å². The van der Waals surface area contributed by atoms with E-state index in [1.807, 2.05) is 44.2 Å². The van der Waals surface area contributed by atoms with Gasteiger partial charge in [0.1, 0.15) is 17.9 Å². The summed E-state index contributed by atoms with van der Waals surface area (Å²) in [6, 6.07) is 9.61. The molecule has 3 rings (SSSR count). The molecule has 1 aromatic carbocycles. The van der Waals surface area contributed by atoms with E-state index >= 15 is 0 Å². The van der Waals surface area contributed by atoms with Gasteiger partial charge >= 0.3 is 5.69 Å². The number of nitro groups is 1. The quantitative estimate of drug-likeness (QED) is 0.321. The van der Waals surface area contributed by atoms with E-state index in [1.54, 1.807) is 13.8 Å². The highest BCUT2D eigenvalue weighted by Gasteiger charge is 2.24. The van der Waals surface area contributed by atoms with E-state index in [-0.39, 0.29) is 18.0 Å². The Morgan fingerprint density at radius 1 is 1.14 bits per heavy atom. The van der Waals surface area contributed by atoms with Gasteiger partial charge in [0.25, 0.3) is 0 Å². The molecule has 0 radical (unpaired) electrons. The molecule has 29 heavy (non-hydrogen) atoms. The number of aryl methyl sites for hydroxylation is 3. The lowest BCUT2D eigenvalue weighted by Crippen LogP contribution is -2.14. The van der Waals surface area contributed by atoms with E-state index in [4.69, 9.17) is 11.6 Å². The molecule has 0 saturated heterocycles. The first-order chi connectivity index (χ1) is 13.7. The van der Waals surface area contributed by atoms with Crippen LogP contribution in [0, 0.1) is 37.8 Å². The Balaban J connectivity index is 1.78. The van der Waals surface area contributed by atoms with Crippen LogP contribution in [0.1, 0.15) is 38.7 Å². The average molecular weight is 415 g/mol. The molecular weight excluding hydrogens is 392 g/mol. The van der Waals surface area contributed by atoms with E-state index in [1.165, 1.54) is 10.2 Å². The van der Waals surface area contributed by atoms with Gasteiger partial charge in [0.05, 0.1) is 4.92 Å². The molecule has 0 N–H and O–H groups in total. The molecule has 0 aliphatic carbocycles. The number of carbonyl (C=O) groups is 1. The first-order valence-corrected chi connectivity index (χ1v) is 9.69. The van der Waals surface area contributed by atoms with Crippen molar-refractivity contribution in [2.24, 2.45) is 0 Å². The zero-order chi connectivity index (χ0) is 21.3. The van der Waals surface area contributed by atoms with Crippen molar-refractivity contribution in [2.75, 3.05) is 0 Å². The Kier molecular flexibility index (Phi) is 5.88. The highest BCUT2D eigenvalue weighted by Crippen LogP contribution is 2.23. The van der Waals surface area contributed by atoms with Crippen LogP contribution < -0.4 is 0 Å². The molecule has 2 heterocycles. The van der Waals surface area contributed by atoms with E-state index in [0.29, 0.717) is 22.0 Å². The molecule has 7 nitrogen and oxygen atoms in total. The third-order valence-electron chi connectivity index (χ3n) is 5.23. The summed E-state index contributed by atoms with van der Waals surface area (Å²) in [6.45, 7) is 7.81. The zero-order valence-electron chi connectivity index (χ0n) is 16.9. The summed E-state index contributed by atoms with van der Waals surface area (Å²) in [5.41, 5.74) is 4.34. The van der Waals surface area contributed by atoms with E-state index in [9.17, 15) is 14.9 Å². The van der Waals surface area contributed by atoms with Crippen molar-refractivity contribution in [3.8, 4) is 0 Å². The van der Waals surface area contributed by atoms with Crippen LogP contribution in [-0.2, 0) is 19.5 Å². The lowest BCUT2D eigenvalue weighted by Gasteiger charge is -2.10. The van der Waals surface area contributed by atoms with Crippen molar-refractivity contribution in [2.45, 2.75) is 47.2 Å². The number of aromatic nitrogens is 3. The fraction of sp³-hybridized carbons (Fsp3) is 0.333. The minimum absolute atomic E-state index is 0.0258. The maximum absolute atomic E-state index is 12.9. The van der Waals surface area contributed by atoms with Gasteiger partial charge in [0.15, 0.2) is 5.78 Å². The van der Waals surface area contributed by atoms with Gasteiger partial charge in [0.2, 0.25) is 0 Å². The number of halogens is 1. The molecule has 3 aromatic rings. The SMILES string of the molecule is Cc1nn(CC(=O)c2cc(C)n(CCc3ccc(Cl)cc3)c2C)c(C)c1[N+](=O)[O-]. The third kappa shape index (κ3) is 4.24. The number of hydrogen-bond donors (Lipinski definition) is 0. The maximum atomic E-state index is 12.9. The highest BCUT2D eigenvalue weighted by molar-refractivity contribution is 6.30. The number of ketones is 1. The normalized spacial score (nSPS) is 11.1. The first kappa shape index (κ1) is 20.8. The summed E-state index contributed by atoms with van der Waals surface area (Å²) >= 11 is 5.94. The van der Waals surface area contributed by atoms with Crippen molar-refractivity contribution >= 4 is 23.1 Å². The summed E-state index contributed by atoms with van der Waals surface area (Å²) in [5, 5.41) is 16.1. The number of rotatable bonds is 7. The summed E-state index contributed by atoms with van der Waals surface area (Å²) < 4.78 is 3.53. The standard InChI is InChI=1S/C21H23ClN4O3/c1-13-11-19(15(3)24(13)10-9-17-5-7-18(22)8-6-17)20(27)12-25-16(4)21(26(28)29)14(2)23-25/h5-8,11H,9-10,12H2,1-4H3. The van der Waals surface area contributed by atoms with Crippen LogP contribution >= 0.6 is 11.6 Å². The minimum atomic E-state index is -0.457. The topological polar surface area (TPSA) is 83.0 Å². The molecule has 0 saturated carbocycles. The van der Waals surface area contributed by atoms with Crippen LogP contribution in [0.15, 0.2) is 30.3 Å². The van der Waals surface area contributed by atoms with Crippen LogP contribution in [0.5, 0.6) is 0 Å². The van der Waals surface area contributed by atoms with Crippen LogP contribution in [-0.4, -0.2) is 25.1 Å². The first-order valence-electron chi connectivity index (χ1n) is 9.31. The van der Waals surface area contributed by atoms with E-state index < -0.39 is 4.92 Å². The lowest BCUT2D eigenvalue weighted by molar-refractivity contribution is -0.386. The number of nitrogens with zero attached hydrogens (tertiary/aromatic N) is 4. The Morgan fingerprint density at radius 3 is 2.38 bits per heavy atom. The van der Waals surface area contributed by atoms with Gasteiger partial charge in [-0.1, -0.05) is 23.7 Å². The summed E-state index contributed by atoms with van der Waals surface area (Å²) in [5.74, 6) is -0.114. The second kappa shape index (κ2) is 8.21. The van der Waals surface area contributed by atoms with Crippen LogP contribution in [0.4, 0.5) is 5.69 Å². The van der Waals surface area contributed by atoms with Crippen LogP contribution in [0.2, 0.25) is 5.02 Å². The summed E-state index contributed by atoms with van der Waals surface area (Å²) in [7, 11) is 0. The molecule has 2 aromatic heterocycles. The Bertz CT molecular complexity index is 1080. The van der Waals surface area contributed by atoms with Gasteiger partial charge in [-0.25, -0.2) is 0 Å². The fourth-order valence-corrected chi connectivity index (χ4v) is 3.77. The molecular formula is C21H23ClN4O3. The molecule has 0 fully saturated rings. The molecule has 0 atom stereocenters. The van der Waals surface area contributed by atoms with Crippen LogP contribution in [0.25, 0.3) is 0 Å². The van der Waals surface area contributed by atoms with E-state index in [2.05, 4.69) is 9.67 Å². The van der Waals surface area contributed by atoms with Gasteiger partial charge in [-0.05, 0) is 57.9 Å². The Labute approximate surface area is 174 Å². The molecule has 0 aliphatic rings. The highest BCUT2D eigenvalue weighted by atomic mass is 35.5. The fourth-order valence-electron chi connectivity index (χ4n) is 3.65. The number of hydrogen-bond acceptors (Lipinski definition) is 4. The second-order valence-corrected chi connectivity index (χ2v) is 7.61.